The van der Waals surface area contributed by atoms with Crippen LogP contribution < -0.4 is 5.32 Å². The number of nitrogens with zero attached hydrogens (tertiary/aromatic N) is 2. The topological polar surface area (TPSA) is 84.6 Å². The number of ketones is 1. The maximum absolute atomic E-state index is 13.5. The zero-order valence-electron chi connectivity index (χ0n) is 20.4. The second-order valence-corrected chi connectivity index (χ2v) is 9.23. The average Bonchev–Trinajstić information content (AvgIpc) is 3.58. The summed E-state index contributed by atoms with van der Waals surface area (Å²) in [6.07, 6.45) is 1.44. The van der Waals surface area contributed by atoms with Gasteiger partial charge in [-0.25, -0.2) is 4.79 Å². The van der Waals surface area contributed by atoms with E-state index in [9.17, 15) is 14.4 Å². The number of rotatable bonds is 7. The Hall–Kier alpha value is -4.39. The highest BCUT2D eigenvalue weighted by Gasteiger charge is 2.51. The molecule has 0 aliphatic carbocycles. The fourth-order valence-electron chi connectivity index (χ4n) is 5.02. The Bertz CT molecular complexity index is 1380. The van der Waals surface area contributed by atoms with Crippen LogP contribution in [0.3, 0.4) is 0 Å². The van der Waals surface area contributed by atoms with Crippen molar-refractivity contribution >= 4 is 17.7 Å². The van der Waals surface area contributed by atoms with E-state index in [1.165, 1.54) is 6.26 Å². The van der Waals surface area contributed by atoms with Crippen molar-refractivity contribution in [2.24, 2.45) is 0 Å². The number of carbonyl (C=O) groups is 3. The zero-order chi connectivity index (χ0) is 25.4. The highest BCUT2D eigenvalue weighted by Crippen LogP contribution is 2.33. The largest absolute Gasteiger partial charge is 0.466 e. The van der Waals surface area contributed by atoms with Crippen molar-refractivity contribution in [3.63, 3.8) is 0 Å². The van der Waals surface area contributed by atoms with E-state index in [-0.39, 0.29) is 18.4 Å². The summed E-state index contributed by atoms with van der Waals surface area (Å²) in [5, 5.41) is 2.67. The summed E-state index contributed by atoms with van der Waals surface area (Å²) >= 11 is 0. The molecule has 182 valence electrons. The van der Waals surface area contributed by atoms with Gasteiger partial charge in [0.25, 0.3) is 5.91 Å². The molecule has 2 aromatic carbocycles. The van der Waals surface area contributed by atoms with Crippen molar-refractivity contribution in [3.8, 4) is 0 Å². The first-order valence-electron chi connectivity index (χ1n) is 11.8. The van der Waals surface area contributed by atoms with Gasteiger partial charge in [-0.1, -0.05) is 60.7 Å². The molecule has 0 saturated carbocycles. The van der Waals surface area contributed by atoms with Gasteiger partial charge in [-0.15, -0.1) is 0 Å². The Balaban J connectivity index is 1.48. The SMILES string of the molecule is Cc1cc(C(=O)CN2C(=O)NC(C)(c3ccco3)C2=O)c(C)n1C(c1ccccc1)c1ccccc1. The van der Waals surface area contributed by atoms with Crippen molar-refractivity contribution in [1.29, 1.82) is 0 Å². The lowest BCUT2D eigenvalue weighted by Gasteiger charge is -2.24. The van der Waals surface area contributed by atoms with Crippen LogP contribution in [0.2, 0.25) is 0 Å². The molecule has 1 saturated heterocycles. The maximum atomic E-state index is 13.5. The number of hydrogen-bond acceptors (Lipinski definition) is 4. The van der Waals surface area contributed by atoms with Crippen molar-refractivity contribution in [2.45, 2.75) is 32.4 Å². The lowest BCUT2D eigenvalue weighted by molar-refractivity contribution is -0.131. The van der Waals surface area contributed by atoms with Crippen LogP contribution in [0.25, 0.3) is 0 Å². The summed E-state index contributed by atoms with van der Waals surface area (Å²) in [6, 6.07) is 24.6. The van der Waals surface area contributed by atoms with Crippen LogP contribution >= 0.6 is 0 Å². The summed E-state index contributed by atoms with van der Waals surface area (Å²) in [7, 11) is 0. The van der Waals surface area contributed by atoms with Crippen LogP contribution in [0.1, 0.15) is 51.6 Å². The number of imide groups is 1. The maximum Gasteiger partial charge on any atom is 0.325 e. The van der Waals surface area contributed by atoms with Crippen LogP contribution in [0, 0.1) is 13.8 Å². The molecule has 4 aromatic rings. The van der Waals surface area contributed by atoms with Gasteiger partial charge in [-0.2, -0.15) is 0 Å². The predicted molar refractivity (Wildman–Crippen MR) is 135 cm³/mol. The molecule has 7 nitrogen and oxygen atoms in total. The quantitative estimate of drug-likeness (QED) is 0.298. The van der Waals surface area contributed by atoms with Crippen molar-refractivity contribution in [1.82, 2.24) is 14.8 Å². The van der Waals surface area contributed by atoms with E-state index in [1.54, 1.807) is 19.1 Å². The first kappa shape index (κ1) is 23.4. The highest BCUT2D eigenvalue weighted by atomic mass is 16.3. The van der Waals surface area contributed by atoms with E-state index >= 15 is 0 Å². The van der Waals surface area contributed by atoms with Gasteiger partial charge < -0.3 is 14.3 Å². The molecule has 36 heavy (non-hydrogen) atoms. The zero-order valence-corrected chi connectivity index (χ0v) is 20.4. The van der Waals surface area contributed by atoms with Gasteiger partial charge in [0.2, 0.25) is 0 Å². The number of aryl methyl sites for hydroxylation is 1. The van der Waals surface area contributed by atoms with E-state index < -0.39 is 17.5 Å². The van der Waals surface area contributed by atoms with E-state index in [2.05, 4.69) is 34.1 Å². The molecule has 1 atom stereocenters. The van der Waals surface area contributed by atoms with E-state index in [4.69, 9.17) is 4.42 Å². The molecule has 3 amide bonds. The molecule has 1 N–H and O–H groups in total. The van der Waals surface area contributed by atoms with Gasteiger partial charge in [-0.05, 0) is 50.1 Å². The number of benzene rings is 2. The van der Waals surface area contributed by atoms with Crippen molar-refractivity contribution in [2.75, 3.05) is 6.54 Å². The molecule has 5 rings (SSSR count). The summed E-state index contributed by atoms with van der Waals surface area (Å²) in [5.41, 5.74) is 3.00. The fraction of sp³-hybridized carbons (Fsp3) is 0.207. The second kappa shape index (κ2) is 9.00. The first-order valence-corrected chi connectivity index (χ1v) is 11.8. The molecule has 0 radical (unpaired) electrons. The van der Waals surface area contributed by atoms with Gasteiger partial charge in [0.1, 0.15) is 5.76 Å². The van der Waals surface area contributed by atoms with Gasteiger partial charge in [0.15, 0.2) is 11.3 Å². The van der Waals surface area contributed by atoms with Crippen LogP contribution in [-0.2, 0) is 10.3 Å². The smallest absolute Gasteiger partial charge is 0.325 e. The Morgan fingerprint density at radius 2 is 1.56 bits per heavy atom. The van der Waals surface area contributed by atoms with E-state index in [0.29, 0.717) is 11.3 Å². The minimum absolute atomic E-state index is 0.132. The molecule has 7 heteroatoms. The molecule has 0 bridgehead atoms. The standard InChI is InChI=1S/C29H27N3O4/c1-19-17-23(24(33)18-31-27(34)29(3,30-28(31)35)25-15-10-16-36-25)20(2)32(19)26(21-11-6-4-7-12-21)22-13-8-5-9-14-22/h4-17,26H,18H2,1-3H3,(H,30,35). The van der Waals surface area contributed by atoms with Crippen LogP contribution in [0.4, 0.5) is 4.79 Å². The minimum Gasteiger partial charge on any atom is -0.466 e. The predicted octanol–water partition coefficient (Wildman–Crippen LogP) is 4.99. The molecule has 1 unspecified atom stereocenters. The molecule has 1 fully saturated rings. The number of aromatic nitrogens is 1. The molecule has 1 aliphatic rings. The van der Waals surface area contributed by atoms with E-state index in [0.717, 1.165) is 27.4 Å². The lowest BCUT2D eigenvalue weighted by atomic mass is 9.98. The third-order valence-corrected chi connectivity index (χ3v) is 6.86. The highest BCUT2D eigenvalue weighted by molar-refractivity contribution is 6.11. The molecule has 1 aliphatic heterocycles. The molecule has 0 spiro atoms. The number of amides is 3. The van der Waals surface area contributed by atoms with Gasteiger partial charge >= 0.3 is 6.03 Å². The Morgan fingerprint density at radius 3 is 2.11 bits per heavy atom. The molecular formula is C29H27N3O4. The van der Waals surface area contributed by atoms with Crippen molar-refractivity contribution < 1.29 is 18.8 Å². The van der Waals surface area contributed by atoms with Crippen LogP contribution in [-0.4, -0.2) is 33.7 Å². The van der Waals surface area contributed by atoms with E-state index in [1.807, 2.05) is 56.3 Å². The third-order valence-electron chi connectivity index (χ3n) is 6.86. The van der Waals surface area contributed by atoms with Gasteiger partial charge in [0, 0.05) is 17.0 Å². The summed E-state index contributed by atoms with van der Waals surface area (Å²) in [4.78, 5) is 40.3. The Morgan fingerprint density at radius 1 is 0.944 bits per heavy atom. The molecule has 3 heterocycles. The normalized spacial score (nSPS) is 17.6. The third kappa shape index (κ3) is 3.82. The second-order valence-electron chi connectivity index (χ2n) is 9.23. The number of urea groups is 1. The average molecular weight is 482 g/mol. The summed E-state index contributed by atoms with van der Waals surface area (Å²) in [6.45, 7) is 5.08. The Labute approximate surface area is 209 Å². The van der Waals surface area contributed by atoms with Crippen LogP contribution in [0.15, 0.2) is 89.5 Å². The number of carbonyl (C=O) groups excluding carboxylic acids is 3. The lowest BCUT2D eigenvalue weighted by Crippen LogP contribution is -2.41. The number of furan rings is 1. The minimum atomic E-state index is -1.34. The Kier molecular flexibility index (Phi) is 5.84. The first-order chi connectivity index (χ1) is 17.3. The molecule has 2 aromatic heterocycles. The molecular weight excluding hydrogens is 454 g/mol. The van der Waals surface area contributed by atoms with Crippen molar-refractivity contribution in [3.05, 3.63) is 119 Å². The monoisotopic (exact) mass is 481 g/mol. The summed E-state index contributed by atoms with van der Waals surface area (Å²) in [5.74, 6) is -0.500. The number of hydrogen-bond donors (Lipinski definition) is 1. The summed E-state index contributed by atoms with van der Waals surface area (Å²) < 4.78 is 7.51. The number of Topliss-reactive ketones (excluding diaryl/α,β-unsaturated/α-hetero) is 1. The van der Waals surface area contributed by atoms with Gasteiger partial charge in [-0.3, -0.25) is 14.5 Å². The fourth-order valence-corrected chi connectivity index (χ4v) is 5.02. The number of nitrogens with one attached hydrogen (secondary N) is 1. The van der Waals surface area contributed by atoms with Crippen LogP contribution in [0.5, 0.6) is 0 Å². The van der Waals surface area contributed by atoms with Gasteiger partial charge in [0.05, 0.1) is 18.8 Å².